The molecule has 1 aliphatic rings. The Balaban J connectivity index is 1.77. The number of ether oxygens (including phenoxy) is 1. The zero-order valence-electron chi connectivity index (χ0n) is 16.3. The van der Waals surface area contributed by atoms with Crippen molar-refractivity contribution in [1.82, 2.24) is 10.3 Å². The smallest absolute Gasteiger partial charge is 0.257 e. The summed E-state index contributed by atoms with van der Waals surface area (Å²) in [6.07, 6.45) is 6.27. The number of carbonyl (C=O) groups is 1. The van der Waals surface area contributed by atoms with E-state index in [1.54, 1.807) is 18.2 Å². The van der Waals surface area contributed by atoms with Crippen LogP contribution in [0.15, 0.2) is 36.7 Å². The molecule has 3 rings (SSSR count). The minimum Gasteiger partial charge on any atom is -0.496 e. The number of nitriles is 1. The van der Waals surface area contributed by atoms with Gasteiger partial charge >= 0.3 is 0 Å². The summed E-state index contributed by atoms with van der Waals surface area (Å²) in [5.74, 6) is 6.07. The molecule has 1 saturated carbocycles. The van der Waals surface area contributed by atoms with E-state index in [1.807, 2.05) is 0 Å². The molecule has 0 atom stereocenters. The minimum absolute atomic E-state index is 0.0190. The number of methoxy groups -OCH3 is 1. The molecule has 0 radical (unpaired) electrons. The first kappa shape index (κ1) is 21.1. The predicted molar refractivity (Wildman–Crippen MR) is 117 cm³/mol. The van der Waals surface area contributed by atoms with Gasteiger partial charge in [0, 0.05) is 29.4 Å². The first-order chi connectivity index (χ1) is 14.5. The molecule has 1 aromatic carbocycles. The van der Waals surface area contributed by atoms with Crippen LogP contribution in [0.4, 0.5) is 0 Å². The van der Waals surface area contributed by atoms with Crippen LogP contribution >= 0.6 is 11.8 Å². The number of benzene rings is 1. The summed E-state index contributed by atoms with van der Waals surface area (Å²) in [6, 6.07) is 8.50. The Morgan fingerprint density at radius 1 is 1.30 bits per heavy atom. The first-order valence-electron chi connectivity index (χ1n) is 9.22. The van der Waals surface area contributed by atoms with E-state index >= 15 is 0 Å². The maximum absolute atomic E-state index is 12.8. The molecule has 30 heavy (non-hydrogen) atoms. The monoisotopic (exact) mass is 417 g/mol. The second kappa shape index (κ2) is 9.73. The van der Waals surface area contributed by atoms with Crippen molar-refractivity contribution < 1.29 is 9.53 Å². The van der Waals surface area contributed by atoms with Gasteiger partial charge in [-0.3, -0.25) is 20.6 Å². The standard InChI is InChI=1S/C22H19N5O2S/c1-29-19-7-5-15(12-23)11-17(19)18-13-26-10-9-16(18)21(28)27-22(25)30-20(24)8-6-14-3-2-4-14/h5,7,9-11,13-14,24H,2-4H2,1H3,(H2,25,27,28). The summed E-state index contributed by atoms with van der Waals surface area (Å²) < 4.78 is 5.37. The summed E-state index contributed by atoms with van der Waals surface area (Å²) in [5.41, 5.74) is 1.72. The number of hydrogen-bond acceptors (Lipinski definition) is 7. The van der Waals surface area contributed by atoms with Gasteiger partial charge in [-0.15, -0.1) is 0 Å². The van der Waals surface area contributed by atoms with E-state index in [4.69, 9.17) is 15.6 Å². The van der Waals surface area contributed by atoms with Gasteiger partial charge in [0.1, 0.15) is 10.8 Å². The van der Waals surface area contributed by atoms with Gasteiger partial charge in [0.15, 0.2) is 5.17 Å². The zero-order valence-corrected chi connectivity index (χ0v) is 17.1. The summed E-state index contributed by atoms with van der Waals surface area (Å²) in [7, 11) is 1.50. The van der Waals surface area contributed by atoms with Gasteiger partial charge in [0.05, 0.1) is 24.3 Å². The van der Waals surface area contributed by atoms with Crippen molar-refractivity contribution in [1.29, 1.82) is 16.1 Å². The number of amides is 1. The average molecular weight is 417 g/mol. The highest BCUT2D eigenvalue weighted by molar-refractivity contribution is 8.26. The number of aromatic nitrogens is 1. The number of nitrogens with one attached hydrogen (secondary N) is 3. The quantitative estimate of drug-likeness (QED) is 0.398. The summed E-state index contributed by atoms with van der Waals surface area (Å²) >= 11 is 0.792. The van der Waals surface area contributed by atoms with Gasteiger partial charge < -0.3 is 10.1 Å². The van der Waals surface area contributed by atoms with Gasteiger partial charge in [-0.05, 0) is 54.8 Å². The lowest BCUT2D eigenvalue weighted by Crippen LogP contribution is -2.28. The third-order valence-electron chi connectivity index (χ3n) is 4.61. The van der Waals surface area contributed by atoms with E-state index < -0.39 is 5.91 Å². The minimum atomic E-state index is -0.519. The third kappa shape index (κ3) is 5.05. The van der Waals surface area contributed by atoms with Crippen molar-refractivity contribution in [2.45, 2.75) is 19.3 Å². The van der Waals surface area contributed by atoms with Gasteiger partial charge in [-0.1, -0.05) is 12.3 Å². The average Bonchev–Trinajstić information content (AvgIpc) is 2.71. The van der Waals surface area contributed by atoms with Gasteiger partial charge in [-0.2, -0.15) is 5.26 Å². The van der Waals surface area contributed by atoms with Crippen molar-refractivity contribution in [2.75, 3.05) is 7.11 Å². The number of rotatable bonds is 3. The summed E-state index contributed by atoms with van der Waals surface area (Å²) in [4.78, 5) is 16.9. The summed E-state index contributed by atoms with van der Waals surface area (Å²) in [5, 5.41) is 27.4. The second-order valence-electron chi connectivity index (χ2n) is 6.56. The fourth-order valence-corrected chi connectivity index (χ4v) is 3.30. The largest absolute Gasteiger partial charge is 0.496 e. The van der Waals surface area contributed by atoms with Crippen molar-refractivity contribution in [2.24, 2.45) is 5.92 Å². The molecule has 150 valence electrons. The van der Waals surface area contributed by atoms with Crippen LogP contribution in [0.5, 0.6) is 5.75 Å². The second-order valence-corrected chi connectivity index (χ2v) is 7.58. The molecule has 0 bridgehead atoms. The van der Waals surface area contributed by atoms with Gasteiger partial charge in [0.2, 0.25) is 0 Å². The fourth-order valence-electron chi connectivity index (χ4n) is 2.84. The van der Waals surface area contributed by atoms with Crippen molar-refractivity contribution in [3.05, 3.63) is 47.8 Å². The fraction of sp³-hybridized carbons (Fsp3) is 0.227. The van der Waals surface area contributed by atoms with Crippen LogP contribution in [0.25, 0.3) is 11.1 Å². The van der Waals surface area contributed by atoms with E-state index in [0.29, 0.717) is 28.4 Å². The molecule has 1 aromatic heterocycles. The Morgan fingerprint density at radius 3 is 2.77 bits per heavy atom. The highest BCUT2D eigenvalue weighted by atomic mass is 32.2. The third-order valence-corrected chi connectivity index (χ3v) is 5.22. The number of hydrogen-bond donors (Lipinski definition) is 3. The van der Waals surface area contributed by atoms with Crippen molar-refractivity contribution >= 4 is 27.9 Å². The highest BCUT2D eigenvalue weighted by Gasteiger charge is 2.18. The number of pyridine rings is 1. The van der Waals surface area contributed by atoms with Crippen LogP contribution < -0.4 is 10.1 Å². The molecule has 0 aliphatic heterocycles. The van der Waals surface area contributed by atoms with Crippen LogP contribution in [0.2, 0.25) is 0 Å². The van der Waals surface area contributed by atoms with Crippen LogP contribution in [0.3, 0.4) is 0 Å². The number of carbonyl (C=O) groups excluding carboxylic acids is 1. The zero-order chi connectivity index (χ0) is 21.5. The van der Waals surface area contributed by atoms with Crippen LogP contribution in [0, 0.1) is 39.9 Å². The molecule has 8 heteroatoms. The highest BCUT2D eigenvalue weighted by Crippen LogP contribution is 2.32. The molecule has 0 unspecified atom stereocenters. The lowest BCUT2D eigenvalue weighted by atomic mass is 9.86. The molecule has 7 nitrogen and oxygen atoms in total. The van der Waals surface area contributed by atoms with E-state index in [2.05, 4.69) is 28.2 Å². The van der Waals surface area contributed by atoms with E-state index in [9.17, 15) is 10.1 Å². The number of thioether (sulfide) groups is 1. The Hall–Kier alpha value is -3.62. The maximum Gasteiger partial charge on any atom is 0.257 e. The van der Waals surface area contributed by atoms with Crippen LogP contribution in [0.1, 0.15) is 35.2 Å². The SMILES string of the molecule is COc1ccc(C#N)cc1-c1cnccc1C(=O)NC(=N)SC(=N)C#CC1CCC1. The Labute approximate surface area is 178 Å². The summed E-state index contributed by atoms with van der Waals surface area (Å²) in [6.45, 7) is 0. The Morgan fingerprint density at radius 2 is 2.10 bits per heavy atom. The molecular formula is C22H19N5O2S. The normalized spacial score (nSPS) is 12.5. The molecular weight excluding hydrogens is 398 g/mol. The molecule has 0 spiro atoms. The maximum atomic E-state index is 12.8. The van der Waals surface area contributed by atoms with E-state index in [-0.39, 0.29) is 15.8 Å². The van der Waals surface area contributed by atoms with E-state index in [0.717, 1.165) is 24.6 Å². The van der Waals surface area contributed by atoms with Crippen molar-refractivity contribution in [3.63, 3.8) is 0 Å². The van der Waals surface area contributed by atoms with E-state index in [1.165, 1.54) is 32.0 Å². The molecule has 1 fully saturated rings. The molecule has 1 heterocycles. The number of amidine groups is 1. The molecule has 0 saturated heterocycles. The van der Waals surface area contributed by atoms with Crippen LogP contribution in [-0.4, -0.2) is 28.2 Å². The first-order valence-corrected chi connectivity index (χ1v) is 10.0. The lowest BCUT2D eigenvalue weighted by Gasteiger charge is -2.18. The molecule has 3 N–H and O–H groups in total. The van der Waals surface area contributed by atoms with Crippen LogP contribution in [-0.2, 0) is 0 Å². The van der Waals surface area contributed by atoms with Gasteiger partial charge in [0.25, 0.3) is 5.91 Å². The predicted octanol–water partition coefficient (Wildman–Crippen LogP) is 3.81. The molecule has 1 amide bonds. The molecule has 1 aliphatic carbocycles. The topological polar surface area (TPSA) is 123 Å². The molecule has 2 aromatic rings. The number of nitrogens with zero attached hydrogens (tertiary/aromatic N) is 2. The lowest BCUT2D eigenvalue weighted by molar-refractivity contribution is 0.0978. The van der Waals surface area contributed by atoms with Gasteiger partial charge in [-0.25, -0.2) is 0 Å². The Kier molecular flexibility index (Phi) is 6.84. The Bertz CT molecular complexity index is 1110. The van der Waals surface area contributed by atoms with Crippen molar-refractivity contribution in [3.8, 4) is 34.8 Å².